The minimum absolute atomic E-state index is 0.0103. The first-order valence-corrected chi connectivity index (χ1v) is 14.0. The molecule has 3 aromatic rings. The van der Waals surface area contributed by atoms with Crippen molar-refractivity contribution in [3.63, 3.8) is 0 Å². The Balaban J connectivity index is 1.66. The van der Waals surface area contributed by atoms with E-state index in [2.05, 4.69) is 35.1 Å². The highest BCUT2D eigenvalue weighted by atomic mass is 79.9. The van der Waals surface area contributed by atoms with Crippen LogP contribution in [0.2, 0.25) is 0 Å². The molecule has 6 nitrogen and oxygen atoms in total. The summed E-state index contributed by atoms with van der Waals surface area (Å²) < 4.78 is 6.77. The van der Waals surface area contributed by atoms with Gasteiger partial charge < -0.3 is 15.2 Å². The predicted octanol–water partition coefficient (Wildman–Crippen LogP) is 7.53. The van der Waals surface area contributed by atoms with Gasteiger partial charge in [-0.2, -0.15) is 0 Å². The molecule has 0 aromatic heterocycles. The number of ketones is 1. The van der Waals surface area contributed by atoms with Gasteiger partial charge in [0.2, 0.25) is 5.91 Å². The van der Waals surface area contributed by atoms with Crippen LogP contribution >= 0.6 is 15.9 Å². The van der Waals surface area contributed by atoms with Gasteiger partial charge in [0.05, 0.1) is 11.7 Å². The van der Waals surface area contributed by atoms with E-state index in [9.17, 15) is 14.7 Å². The van der Waals surface area contributed by atoms with Crippen LogP contribution < -0.4 is 15.0 Å². The summed E-state index contributed by atoms with van der Waals surface area (Å²) in [7, 11) is 0. The van der Waals surface area contributed by atoms with Crippen LogP contribution in [0.4, 0.5) is 11.4 Å². The van der Waals surface area contributed by atoms with E-state index in [0.29, 0.717) is 42.1 Å². The molecule has 7 heteroatoms. The first kappa shape index (κ1) is 27.0. The van der Waals surface area contributed by atoms with Crippen molar-refractivity contribution in [2.75, 3.05) is 10.2 Å². The minimum Gasteiger partial charge on any atom is -0.506 e. The lowest BCUT2D eigenvalue weighted by Crippen LogP contribution is -2.41. The van der Waals surface area contributed by atoms with Crippen LogP contribution in [0.25, 0.3) is 0 Å². The van der Waals surface area contributed by atoms with E-state index in [1.165, 1.54) is 0 Å². The number of allylic oxidation sites excluding steroid dienone is 1. The number of anilines is 2. The van der Waals surface area contributed by atoms with Gasteiger partial charge in [-0.25, -0.2) is 0 Å². The summed E-state index contributed by atoms with van der Waals surface area (Å²) in [5.74, 6) is 0.208. The van der Waals surface area contributed by atoms with Crippen molar-refractivity contribution in [1.29, 1.82) is 0 Å². The number of para-hydroxylation sites is 1. The Morgan fingerprint density at radius 1 is 1.10 bits per heavy atom. The molecule has 0 saturated carbocycles. The molecule has 0 fully saturated rings. The summed E-state index contributed by atoms with van der Waals surface area (Å²) in [5.41, 5.74) is 3.83. The monoisotopic (exact) mass is 588 g/mol. The molecule has 5 rings (SSSR count). The fourth-order valence-electron chi connectivity index (χ4n) is 5.42. The van der Waals surface area contributed by atoms with Crippen LogP contribution in [0.5, 0.6) is 11.5 Å². The molecular formula is C32H33BrN2O4. The highest BCUT2D eigenvalue weighted by molar-refractivity contribution is 9.10. The molecule has 1 aliphatic heterocycles. The van der Waals surface area contributed by atoms with E-state index in [1.807, 2.05) is 68.4 Å². The summed E-state index contributed by atoms with van der Waals surface area (Å²) >= 11 is 3.74. The molecule has 0 saturated heterocycles. The molecule has 1 amide bonds. The first-order valence-electron chi connectivity index (χ1n) is 13.2. The topological polar surface area (TPSA) is 78.9 Å². The summed E-state index contributed by atoms with van der Waals surface area (Å²) in [6.07, 6.45) is 0.976. The number of nitrogens with one attached hydrogen (secondary N) is 1. The number of ether oxygens (including phenoxy) is 1. The second-order valence-electron chi connectivity index (χ2n) is 11.4. The molecule has 2 N–H and O–H groups in total. The van der Waals surface area contributed by atoms with Gasteiger partial charge >= 0.3 is 0 Å². The fourth-order valence-corrected chi connectivity index (χ4v) is 5.99. The number of fused-ring (bicyclic) bond motifs is 1. The number of benzene rings is 3. The van der Waals surface area contributed by atoms with Crippen molar-refractivity contribution in [1.82, 2.24) is 0 Å². The second kappa shape index (κ2) is 10.5. The van der Waals surface area contributed by atoms with Gasteiger partial charge in [0.1, 0.15) is 23.8 Å². The van der Waals surface area contributed by atoms with E-state index in [4.69, 9.17) is 4.74 Å². The molecule has 0 spiro atoms. The van der Waals surface area contributed by atoms with Crippen LogP contribution in [0, 0.1) is 11.3 Å². The standard InChI is InChI=1S/C32H33BrN2O4/c1-19(2)31(38)35-25-11-8-12-26(36)29(25)34-24-16-32(3,4)17-27(37)28(24)30(35)22-14-13-21(15-23(22)33)39-18-20-9-6-5-7-10-20/h5-15,19,30,34,36H,16-18H2,1-4H3. The van der Waals surface area contributed by atoms with Gasteiger partial charge in [0.15, 0.2) is 5.78 Å². The Morgan fingerprint density at radius 3 is 2.54 bits per heavy atom. The van der Waals surface area contributed by atoms with E-state index >= 15 is 0 Å². The molecule has 1 aliphatic carbocycles. The SMILES string of the molecule is CC(C)C(=O)N1c2cccc(O)c2NC2=C(C(=O)CC(C)(C)C2)C1c1ccc(OCc2ccccc2)cc1Br. The number of amides is 1. The van der Waals surface area contributed by atoms with Gasteiger partial charge in [0.25, 0.3) is 0 Å². The number of nitrogens with zero attached hydrogens (tertiary/aromatic N) is 1. The lowest BCUT2D eigenvalue weighted by molar-refractivity contribution is -0.122. The third kappa shape index (κ3) is 5.33. The third-order valence-corrected chi connectivity index (χ3v) is 7.94. The van der Waals surface area contributed by atoms with Gasteiger partial charge in [-0.05, 0) is 47.2 Å². The molecule has 0 radical (unpaired) electrons. The van der Waals surface area contributed by atoms with Gasteiger partial charge in [-0.3, -0.25) is 14.5 Å². The molecule has 0 bridgehead atoms. The van der Waals surface area contributed by atoms with Crippen LogP contribution in [-0.4, -0.2) is 16.8 Å². The van der Waals surface area contributed by atoms with Crippen molar-refractivity contribution in [2.45, 2.75) is 53.2 Å². The Hall–Kier alpha value is -3.58. The zero-order chi connectivity index (χ0) is 27.9. The maximum atomic E-state index is 13.9. The molecule has 2 aliphatic rings. The summed E-state index contributed by atoms with van der Waals surface area (Å²) in [5, 5.41) is 14.3. The van der Waals surface area contributed by atoms with Gasteiger partial charge in [-0.1, -0.05) is 86.1 Å². The molecule has 39 heavy (non-hydrogen) atoms. The van der Waals surface area contributed by atoms with Crippen LogP contribution in [-0.2, 0) is 16.2 Å². The summed E-state index contributed by atoms with van der Waals surface area (Å²) in [6.45, 7) is 8.24. The van der Waals surface area contributed by atoms with Crippen LogP contribution in [0.3, 0.4) is 0 Å². The predicted molar refractivity (Wildman–Crippen MR) is 157 cm³/mol. The molecule has 1 unspecified atom stereocenters. The van der Waals surface area contributed by atoms with Crippen LogP contribution in [0.15, 0.2) is 82.5 Å². The number of halogens is 1. The number of aromatic hydroxyl groups is 1. The number of phenols is 1. The summed E-state index contributed by atoms with van der Waals surface area (Å²) in [6, 6.07) is 20.0. The number of hydrogen-bond donors (Lipinski definition) is 2. The highest BCUT2D eigenvalue weighted by Gasteiger charge is 2.44. The maximum Gasteiger partial charge on any atom is 0.230 e. The number of rotatable bonds is 5. The number of hydrogen-bond acceptors (Lipinski definition) is 5. The quantitative estimate of drug-likeness (QED) is 0.301. The van der Waals surface area contributed by atoms with Crippen molar-refractivity contribution in [3.8, 4) is 11.5 Å². The van der Waals surface area contributed by atoms with Gasteiger partial charge in [0, 0.05) is 28.1 Å². The van der Waals surface area contributed by atoms with Crippen molar-refractivity contribution in [3.05, 3.63) is 93.6 Å². The summed E-state index contributed by atoms with van der Waals surface area (Å²) in [4.78, 5) is 29.4. The lowest BCUT2D eigenvalue weighted by Gasteiger charge is -2.38. The number of carbonyl (C=O) groups is 2. The number of carbonyl (C=O) groups excluding carboxylic acids is 2. The average molecular weight is 590 g/mol. The Labute approximate surface area is 237 Å². The number of Topliss-reactive ketones (excluding diaryl/α,β-unsaturated/α-hetero) is 1. The molecule has 3 aromatic carbocycles. The Bertz CT molecular complexity index is 1460. The normalized spacial score (nSPS) is 18.3. The Kier molecular flexibility index (Phi) is 7.29. The van der Waals surface area contributed by atoms with Crippen molar-refractivity contribution in [2.24, 2.45) is 11.3 Å². The molecule has 202 valence electrons. The molecule has 1 heterocycles. The maximum absolute atomic E-state index is 13.9. The smallest absolute Gasteiger partial charge is 0.230 e. The Morgan fingerprint density at radius 2 is 1.85 bits per heavy atom. The second-order valence-corrected chi connectivity index (χ2v) is 12.2. The zero-order valence-electron chi connectivity index (χ0n) is 22.6. The third-order valence-electron chi connectivity index (χ3n) is 7.25. The fraction of sp³-hybridized carbons (Fsp3) is 0.312. The van der Waals surface area contributed by atoms with Crippen molar-refractivity contribution < 1.29 is 19.4 Å². The first-order chi connectivity index (χ1) is 18.6. The average Bonchev–Trinajstić information content (AvgIpc) is 3.02. The number of phenolic OH excluding ortho intramolecular Hbond substituents is 1. The zero-order valence-corrected chi connectivity index (χ0v) is 24.2. The van der Waals surface area contributed by atoms with E-state index < -0.39 is 6.04 Å². The molecular weight excluding hydrogens is 556 g/mol. The minimum atomic E-state index is -0.688. The highest BCUT2D eigenvalue weighted by Crippen LogP contribution is 2.51. The molecule has 1 atom stereocenters. The van der Waals surface area contributed by atoms with Gasteiger partial charge in [-0.15, -0.1) is 0 Å². The largest absolute Gasteiger partial charge is 0.506 e. The van der Waals surface area contributed by atoms with E-state index in [1.54, 1.807) is 17.0 Å². The van der Waals surface area contributed by atoms with Crippen molar-refractivity contribution >= 4 is 39.0 Å². The van der Waals surface area contributed by atoms with E-state index in [-0.39, 0.29) is 28.8 Å². The lowest BCUT2D eigenvalue weighted by atomic mass is 9.73. The van der Waals surface area contributed by atoms with Crippen LogP contribution in [0.1, 0.15) is 57.7 Å². The van der Waals surface area contributed by atoms with E-state index in [0.717, 1.165) is 21.3 Å².